The lowest BCUT2D eigenvalue weighted by Gasteiger charge is -2.62. The van der Waals surface area contributed by atoms with Crippen molar-refractivity contribution in [2.24, 2.45) is 5.92 Å². The lowest BCUT2D eigenvalue weighted by atomic mass is 9.49. The molecule has 3 aliphatic heterocycles. The van der Waals surface area contributed by atoms with Crippen LogP contribution in [0.3, 0.4) is 0 Å². The first kappa shape index (κ1) is 23.8. The van der Waals surface area contributed by atoms with Crippen molar-refractivity contribution in [2.45, 2.75) is 92.4 Å². The highest BCUT2D eigenvalue weighted by Gasteiger charge is 2.73. The quantitative estimate of drug-likeness (QED) is 0.328. The number of ether oxygens (including phenoxy) is 3. The summed E-state index contributed by atoms with van der Waals surface area (Å²) in [7, 11) is 0. The maximum atomic E-state index is 13.2. The molecule has 3 heterocycles. The minimum absolute atomic E-state index is 0.0764. The second-order valence-corrected chi connectivity index (χ2v) is 11.5. The maximum absolute atomic E-state index is 13.2. The average Bonchev–Trinajstić information content (AvgIpc) is 3.61. The molecule has 2 saturated carbocycles. The van der Waals surface area contributed by atoms with Gasteiger partial charge in [0.15, 0.2) is 29.5 Å². The van der Waals surface area contributed by atoms with Crippen LogP contribution in [0.25, 0.3) is 0 Å². The lowest BCUT2D eigenvalue weighted by Crippen LogP contribution is -2.76. The first-order chi connectivity index (χ1) is 17.7. The zero-order chi connectivity index (χ0) is 25.9. The Morgan fingerprint density at radius 3 is 2.65 bits per heavy atom. The van der Waals surface area contributed by atoms with E-state index in [1.807, 2.05) is 6.07 Å². The van der Waals surface area contributed by atoms with Gasteiger partial charge in [0.2, 0.25) is 6.29 Å². The van der Waals surface area contributed by atoms with Gasteiger partial charge in [-0.3, -0.25) is 9.69 Å². The molecule has 1 aromatic rings. The number of likely N-dealkylation sites (tertiary alicyclic amines) is 1. The third kappa shape index (κ3) is 3.09. The highest BCUT2D eigenvalue weighted by Crippen LogP contribution is 2.65. The number of rotatable bonds is 5. The third-order valence-electron chi connectivity index (χ3n) is 9.60. The molecule has 200 valence electrons. The van der Waals surface area contributed by atoms with E-state index in [1.165, 1.54) is 12.8 Å². The van der Waals surface area contributed by atoms with E-state index in [9.17, 15) is 35.1 Å². The number of Topliss-reactive ketones (excluding diaryl/α,β-unsaturated/α-hetero) is 1. The van der Waals surface area contributed by atoms with Gasteiger partial charge < -0.3 is 39.7 Å². The SMILES string of the molecule is O=C(O)[C@H]1O[C@@H](Oc2ccc3c4c2O[C@H]2C(=O)CC[C@@]5(O)[C@@H](C3)N(CC3CC3)CC[C@]425)[C@H](O)[C@@H](O)[C@@H]1O. The summed E-state index contributed by atoms with van der Waals surface area (Å²) in [6.45, 7) is 1.69. The van der Waals surface area contributed by atoms with E-state index in [1.54, 1.807) is 6.07 Å². The first-order valence-electron chi connectivity index (χ1n) is 13.1. The minimum atomic E-state index is -1.84. The van der Waals surface area contributed by atoms with E-state index in [0.717, 1.165) is 24.2 Å². The normalized spacial score (nSPS) is 44.2. The highest BCUT2D eigenvalue weighted by atomic mass is 16.7. The Morgan fingerprint density at radius 2 is 1.92 bits per heavy atom. The van der Waals surface area contributed by atoms with Crippen molar-refractivity contribution in [3.05, 3.63) is 23.3 Å². The van der Waals surface area contributed by atoms with Crippen LogP contribution in [0.5, 0.6) is 11.5 Å². The van der Waals surface area contributed by atoms with E-state index in [0.29, 0.717) is 25.2 Å². The van der Waals surface area contributed by atoms with Gasteiger partial charge in [0.1, 0.15) is 18.3 Å². The molecule has 5 N–H and O–H groups in total. The van der Waals surface area contributed by atoms with Crippen molar-refractivity contribution in [3.8, 4) is 11.5 Å². The monoisotopic (exact) mass is 517 g/mol. The van der Waals surface area contributed by atoms with E-state index in [4.69, 9.17) is 14.2 Å². The van der Waals surface area contributed by atoms with Crippen LogP contribution in [0.15, 0.2) is 12.1 Å². The van der Waals surface area contributed by atoms with Gasteiger partial charge in [-0.15, -0.1) is 0 Å². The molecular formula is C26H31NO10. The predicted octanol–water partition coefficient (Wildman–Crippen LogP) is -0.909. The molecule has 37 heavy (non-hydrogen) atoms. The molecule has 2 bridgehead atoms. The fourth-order valence-electron chi connectivity index (χ4n) is 7.62. The van der Waals surface area contributed by atoms with Crippen molar-refractivity contribution in [1.82, 2.24) is 4.90 Å². The van der Waals surface area contributed by atoms with Gasteiger partial charge in [-0.2, -0.15) is 0 Å². The second-order valence-electron chi connectivity index (χ2n) is 11.5. The van der Waals surface area contributed by atoms with Crippen molar-refractivity contribution in [2.75, 3.05) is 13.1 Å². The number of piperidine rings is 1. The number of benzene rings is 1. The number of carboxylic acids is 1. The van der Waals surface area contributed by atoms with Gasteiger partial charge in [0.25, 0.3) is 0 Å². The molecule has 4 fully saturated rings. The van der Waals surface area contributed by atoms with E-state index in [-0.39, 0.29) is 29.7 Å². The molecule has 1 spiro atoms. The number of aliphatic hydroxyl groups excluding tert-OH is 3. The summed E-state index contributed by atoms with van der Waals surface area (Å²) in [5, 5.41) is 52.4. The number of hydrogen-bond acceptors (Lipinski definition) is 10. The van der Waals surface area contributed by atoms with Crippen LogP contribution in [0.1, 0.15) is 43.2 Å². The number of aliphatic hydroxyl groups is 4. The summed E-state index contributed by atoms with van der Waals surface area (Å²) >= 11 is 0. The summed E-state index contributed by atoms with van der Waals surface area (Å²) in [5.41, 5.74) is -0.349. The molecule has 11 nitrogen and oxygen atoms in total. The Bertz CT molecular complexity index is 1170. The average molecular weight is 518 g/mol. The van der Waals surface area contributed by atoms with Gasteiger partial charge >= 0.3 is 5.97 Å². The molecule has 0 aromatic heterocycles. The molecule has 1 aromatic carbocycles. The number of hydrogen-bond donors (Lipinski definition) is 5. The number of aliphatic carboxylic acids is 1. The van der Waals surface area contributed by atoms with Gasteiger partial charge in [0, 0.05) is 24.6 Å². The first-order valence-corrected chi connectivity index (χ1v) is 13.1. The molecule has 0 unspecified atom stereocenters. The van der Waals surface area contributed by atoms with Crippen molar-refractivity contribution in [1.29, 1.82) is 0 Å². The molecule has 7 rings (SSSR count). The Hall–Kier alpha value is -2.28. The van der Waals surface area contributed by atoms with Crippen LogP contribution < -0.4 is 9.47 Å². The van der Waals surface area contributed by atoms with E-state index >= 15 is 0 Å². The van der Waals surface area contributed by atoms with Crippen LogP contribution in [0, 0.1) is 5.92 Å². The molecule has 2 saturated heterocycles. The Kier molecular flexibility index (Phi) is 5.07. The summed E-state index contributed by atoms with van der Waals surface area (Å²) in [6, 6.07) is 3.37. The zero-order valence-corrected chi connectivity index (χ0v) is 20.2. The Balaban J connectivity index is 1.29. The van der Waals surface area contributed by atoms with Crippen LogP contribution >= 0.6 is 0 Å². The predicted molar refractivity (Wildman–Crippen MR) is 123 cm³/mol. The van der Waals surface area contributed by atoms with Gasteiger partial charge in [-0.05, 0) is 56.2 Å². The standard InChI is InChI=1S/C26H31NO10/c28-13-5-6-26(34)15-9-12-3-4-14(35-24-19(31)17(29)18(30)21(37-24)23(32)33)20-16(12)25(26,22(13)36-20)7-8-27(15)10-11-1-2-11/h3-4,11,15,17-19,21-22,24,29-31,34H,1-2,5-10H2,(H,32,33)/t15-,17+,18+,19-,21+,22+,24-,25+,26-/m1/s1. The number of nitrogens with zero attached hydrogens (tertiary/aromatic N) is 1. The number of carbonyl (C=O) groups excluding carboxylic acids is 1. The lowest BCUT2D eigenvalue weighted by molar-refractivity contribution is -0.271. The number of carboxylic acid groups (broad SMARTS) is 1. The van der Waals surface area contributed by atoms with Crippen LogP contribution in [-0.2, 0) is 26.2 Å². The van der Waals surface area contributed by atoms with Crippen molar-refractivity contribution in [3.63, 3.8) is 0 Å². The fraction of sp³-hybridized carbons (Fsp3) is 0.692. The molecule has 3 aliphatic carbocycles. The van der Waals surface area contributed by atoms with Gasteiger partial charge in [-0.1, -0.05) is 6.07 Å². The number of ketones is 1. The van der Waals surface area contributed by atoms with Crippen LogP contribution in [-0.4, -0.2) is 104 Å². The fourth-order valence-corrected chi connectivity index (χ4v) is 7.62. The molecule has 0 amide bonds. The van der Waals surface area contributed by atoms with Gasteiger partial charge in [0.05, 0.1) is 11.0 Å². The van der Waals surface area contributed by atoms with E-state index < -0.39 is 53.8 Å². The third-order valence-corrected chi connectivity index (χ3v) is 9.60. The zero-order valence-electron chi connectivity index (χ0n) is 20.2. The summed E-state index contributed by atoms with van der Waals surface area (Å²) in [6.07, 6.45) is -5.51. The Labute approximate surface area is 212 Å². The summed E-state index contributed by atoms with van der Waals surface area (Å²) in [4.78, 5) is 27.1. The molecule has 6 aliphatic rings. The van der Waals surface area contributed by atoms with Crippen molar-refractivity contribution < 1.29 is 49.3 Å². The highest BCUT2D eigenvalue weighted by molar-refractivity contribution is 5.90. The largest absolute Gasteiger partial charge is 0.479 e. The van der Waals surface area contributed by atoms with Crippen LogP contribution in [0.2, 0.25) is 0 Å². The topological polar surface area (TPSA) is 166 Å². The van der Waals surface area contributed by atoms with Crippen molar-refractivity contribution >= 4 is 11.8 Å². The summed E-state index contributed by atoms with van der Waals surface area (Å²) < 4.78 is 17.5. The summed E-state index contributed by atoms with van der Waals surface area (Å²) in [5.74, 6) is -0.520. The van der Waals surface area contributed by atoms with E-state index in [2.05, 4.69) is 4.90 Å². The molecular weight excluding hydrogens is 486 g/mol. The smallest absolute Gasteiger partial charge is 0.335 e. The number of carbonyl (C=O) groups is 2. The van der Waals surface area contributed by atoms with Gasteiger partial charge in [-0.25, -0.2) is 4.79 Å². The molecule has 0 radical (unpaired) electrons. The minimum Gasteiger partial charge on any atom is -0.479 e. The molecule has 11 heteroatoms. The molecule has 9 atom stereocenters. The maximum Gasteiger partial charge on any atom is 0.335 e. The Morgan fingerprint density at radius 1 is 1.14 bits per heavy atom. The second kappa shape index (κ2) is 7.87. The van der Waals surface area contributed by atoms with Crippen LogP contribution in [0.4, 0.5) is 0 Å².